The molecule has 0 spiro atoms. The van der Waals surface area contributed by atoms with E-state index in [-0.39, 0.29) is 6.61 Å². The van der Waals surface area contributed by atoms with Crippen LogP contribution >= 0.6 is 0 Å². The minimum absolute atomic E-state index is 0.0670. The van der Waals surface area contributed by atoms with Gasteiger partial charge in [0.25, 0.3) is 0 Å². The second-order valence-electron chi connectivity index (χ2n) is 4.75. The van der Waals surface area contributed by atoms with Gasteiger partial charge in [0.05, 0.1) is 23.4 Å². The minimum atomic E-state index is -0.526. The van der Waals surface area contributed by atoms with E-state index >= 15 is 0 Å². The van der Waals surface area contributed by atoms with Gasteiger partial charge >= 0.3 is 5.97 Å². The molecule has 23 heavy (non-hydrogen) atoms. The lowest BCUT2D eigenvalue weighted by molar-refractivity contribution is 0.0439. The number of hydrogen-bond acceptors (Lipinski definition) is 5. The van der Waals surface area contributed by atoms with Crippen LogP contribution in [-0.4, -0.2) is 11.0 Å². The first-order chi connectivity index (χ1) is 11.3. The van der Waals surface area contributed by atoms with Gasteiger partial charge in [-0.1, -0.05) is 36.4 Å². The van der Waals surface area contributed by atoms with E-state index in [1.54, 1.807) is 24.4 Å². The first kappa shape index (κ1) is 14.5. The highest BCUT2D eigenvalue weighted by atomic mass is 16.5. The Bertz CT molecular complexity index is 863. The van der Waals surface area contributed by atoms with E-state index in [1.165, 1.54) is 6.07 Å². The average Bonchev–Trinajstić information content (AvgIpc) is 3.09. The molecule has 1 heterocycles. The summed E-state index contributed by atoms with van der Waals surface area (Å²) in [5, 5.41) is 8.84. The van der Waals surface area contributed by atoms with E-state index in [0.29, 0.717) is 22.8 Å². The fourth-order valence-electron chi connectivity index (χ4n) is 2.04. The highest BCUT2D eigenvalue weighted by Gasteiger charge is 2.11. The monoisotopic (exact) mass is 304 g/mol. The molecule has 0 aliphatic rings. The summed E-state index contributed by atoms with van der Waals surface area (Å²) in [5.74, 6) is 0.401. The molecule has 0 radical (unpaired) electrons. The van der Waals surface area contributed by atoms with E-state index < -0.39 is 5.97 Å². The van der Waals surface area contributed by atoms with Crippen molar-refractivity contribution in [2.45, 2.75) is 6.61 Å². The number of ether oxygens (including phenoxy) is 1. The Morgan fingerprint density at radius 3 is 2.78 bits per heavy atom. The number of aromatic nitrogens is 1. The Balaban J connectivity index is 1.66. The fraction of sp³-hybridized carbons (Fsp3) is 0.0556. The van der Waals surface area contributed by atoms with Crippen LogP contribution in [0.2, 0.25) is 0 Å². The lowest BCUT2D eigenvalue weighted by Gasteiger charge is -2.02. The predicted molar refractivity (Wildman–Crippen MR) is 82.2 cm³/mol. The Kier molecular flexibility index (Phi) is 4.16. The summed E-state index contributed by atoms with van der Waals surface area (Å²) >= 11 is 0. The molecule has 0 fully saturated rings. The van der Waals surface area contributed by atoms with Crippen molar-refractivity contribution >= 4 is 5.97 Å². The largest absolute Gasteiger partial charge is 0.452 e. The molecule has 3 rings (SSSR count). The highest BCUT2D eigenvalue weighted by Crippen LogP contribution is 2.20. The summed E-state index contributed by atoms with van der Waals surface area (Å²) in [6, 6.07) is 17.8. The van der Waals surface area contributed by atoms with E-state index in [2.05, 4.69) is 4.98 Å². The average molecular weight is 304 g/mol. The van der Waals surface area contributed by atoms with Crippen molar-refractivity contribution in [2.75, 3.05) is 0 Å². The third kappa shape index (κ3) is 3.44. The number of rotatable bonds is 4. The van der Waals surface area contributed by atoms with Crippen molar-refractivity contribution < 1.29 is 13.9 Å². The SMILES string of the molecule is N#Cc1cccc(C(=O)OCc2ncc(-c3ccccc3)o2)c1. The van der Waals surface area contributed by atoms with Gasteiger partial charge in [0.2, 0.25) is 5.89 Å². The van der Waals surface area contributed by atoms with E-state index in [4.69, 9.17) is 14.4 Å². The maximum absolute atomic E-state index is 12.0. The quantitative estimate of drug-likeness (QED) is 0.689. The summed E-state index contributed by atoms with van der Waals surface area (Å²) in [6.07, 6.45) is 1.59. The van der Waals surface area contributed by atoms with Crippen molar-refractivity contribution in [3.8, 4) is 17.4 Å². The van der Waals surface area contributed by atoms with Gasteiger partial charge in [-0.15, -0.1) is 0 Å². The number of oxazole rings is 1. The van der Waals surface area contributed by atoms with Crippen LogP contribution in [-0.2, 0) is 11.3 Å². The Labute approximate surface area is 132 Å². The van der Waals surface area contributed by atoms with Crippen molar-refractivity contribution in [1.82, 2.24) is 4.98 Å². The van der Waals surface area contributed by atoms with Crippen molar-refractivity contribution in [2.24, 2.45) is 0 Å². The lowest BCUT2D eigenvalue weighted by atomic mass is 10.1. The molecule has 0 atom stereocenters. The van der Waals surface area contributed by atoms with Gasteiger partial charge in [-0.25, -0.2) is 9.78 Å². The second-order valence-corrected chi connectivity index (χ2v) is 4.75. The van der Waals surface area contributed by atoms with Crippen molar-refractivity contribution in [3.05, 3.63) is 77.8 Å². The molecular weight excluding hydrogens is 292 g/mol. The zero-order valence-corrected chi connectivity index (χ0v) is 12.1. The van der Waals surface area contributed by atoms with Crippen LogP contribution in [0.3, 0.4) is 0 Å². The number of esters is 1. The van der Waals surface area contributed by atoms with Crippen molar-refractivity contribution in [3.63, 3.8) is 0 Å². The van der Waals surface area contributed by atoms with Crippen LogP contribution in [0.15, 0.2) is 65.2 Å². The molecule has 0 bridgehead atoms. The predicted octanol–water partition coefficient (Wildman–Crippen LogP) is 3.57. The highest BCUT2D eigenvalue weighted by molar-refractivity contribution is 5.89. The maximum atomic E-state index is 12.0. The molecule has 0 saturated heterocycles. The normalized spacial score (nSPS) is 10.0. The summed E-state index contributed by atoms with van der Waals surface area (Å²) < 4.78 is 10.7. The summed E-state index contributed by atoms with van der Waals surface area (Å²) in [5.41, 5.74) is 1.63. The first-order valence-corrected chi connectivity index (χ1v) is 6.93. The zero-order chi connectivity index (χ0) is 16.1. The molecule has 0 aliphatic carbocycles. The summed E-state index contributed by atoms with van der Waals surface area (Å²) in [7, 11) is 0. The molecule has 0 saturated carbocycles. The van der Waals surface area contributed by atoms with Crippen molar-refractivity contribution in [1.29, 1.82) is 5.26 Å². The number of hydrogen-bond donors (Lipinski definition) is 0. The number of benzene rings is 2. The van der Waals surface area contributed by atoms with E-state index in [1.807, 2.05) is 36.4 Å². The van der Waals surface area contributed by atoms with E-state index in [9.17, 15) is 4.79 Å². The number of nitriles is 1. The number of carbonyl (C=O) groups excluding carboxylic acids is 1. The van der Waals surface area contributed by atoms with E-state index in [0.717, 1.165) is 5.56 Å². The van der Waals surface area contributed by atoms with Crippen LogP contribution < -0.4 is 0 Å². The molecule has 0 aliphatic heterocycles. The zero-order valence-electron chi connectivity index (χ0n) is 12.1. The molecule has 3 aromatic rings. The molecule has 112 valence electrons. The molecule has 1 aromatic heterocycles. The van der Waals surface area contributed by atoms with Crippen LogP contribution in [0.1, 0.15) is 21.8 Å². The third-order valence-corrected chi connectivity index (χ3v) is 3.17. The molecule has 5 heteroatoms. The Morgan fingerprint density at radius 1 is 1.17 bits per heavy atom. The molecule has 0 N–H and O–H groups in total. The molecule has 0 amide bonds. The van der Waals surface area contributed by atoms with Crippen LogP contribution in [0.5, 0.6) is 0 Å². The topological polar surface area (TPSA) is 76.1 Å². The molecule has 0 unspecified atom stereocenters. The van der Waals surface area contributed by atoms with Gasteiger partial charge in [0.15, 0.2) is 12.4 Å². The molecule has 2 aromatic carbocycles. The molecular formula is C18H12N2O3. The van der Waals surface area contributed by atoms with Gasteiger partial charge < -0.3 is 9.15 Å². The fourth-order valence-corrected chi connectivity index (χ4v) is 2.04. The van der Waals surface area contributed by atoms with Gasteiger partial charge in [0.1, 0.15) is 0 Å². The standard InChI is InChI=1S/C18H12N2O3/c19-10-13-5-4-8-15(9-13)18(21)22-12-17-20-11-16(23-17)14-6-2-1-3-7-14/h1-9,11H,12H2. The first-order valence-electron chi connectivity index (χ1n) is 6.93. The Hall–Kier alpha value is -3.39. The van der Waals surface area contributed by atoms with Crippen LogP contribution in [0.25, 0.3) is 11.3 Å². The Morgan fingerprint density at radius 2 is 2.00 bits per heavy atom. The van der Waals surface area contributed by atoms with Gasteiger partial charge in [-0.05, 0) is 18.2 Å². The minimum Gasteiger partial charge on any atom is -0.452 e. The summed E-state index contributed by atoms with van der Waals surface area (Å²) in [4.78, 5) is 16.1. The summed E-state index contributed by atoms with van der Waals surface area (Å²) in [6.45, 7) is -0.0670. The smallest absolute Gasteiger partial charge is 0.338 e. The third-order valence-electron chi connectivity index (χ3n) is 3.17. The number of carbonyl (C=O) groups is 1. The number of nitrogens with zero attached hydrogens (tertiary/aromatic N) is 2. The molecule has 5 nitrogen and oxygen atoms in total. The van der Waals surface area contributed by atoms with Crippen LogP contribution in [0, 0.1) is 11.3 Å². The lowest BCUT2D eigenvalue weighted by Crippen LogP contribution is -2.05. The maximum Gasteiger partial charge on any atom is 0.338 e. The van der Waals surface area contributed by atoms with Gasteiger partial charge in [-0.2, -0.15) is 5.26 Å². The van der Waals surface area contributed by atoms with Gasteiger partial charge in [0, 0.05) is 5.56 Å². The van der Waals surface area contributed by atoms with Crippen LogP contribution in [0.4, 0.5) is 0 Å². The second kappa shape index (κ2) is 6.58. The van der Waals surface area contributed by atoms with Gasteiger partial charge in [-0.3, -0.25) is 0 Å².